The van der Waals surface area contributed by atoms with Gasteiger partial charge in [0, 0.05) is 34.9 Å². The average molecular weight is 449 g/mol. The van der Waals surface area contributed by atoms with E-state index in [2.05, 4.69) is 81.3 Å². The zero-order chi connectivity index (χ0) is 23.2. The highest BCUT2D eigenvalue weighted by Gasteiger charge is 2.16. The Kier molecular flexibility index (Phi) is 4.42. The molecule has 0 saturated heterocycles. The summed E-state index contributed by atoms with van der Waals surface area (Å²) in [6.07, 6.45) is 7.46. The third kappa shape index (κ3) is 3.19. The van der Waals surface area contributed by atoms with Crippen LogP contribution >= 0.6 is 0 Å². The highest BCUT2D eigenvalue weighted by atomic mass is 15.0. The highest BCUT2D eigenvalue weighted by molar-refractivity contribution is 6.21. The fraction of sp³-hybridized carbons (Fsp3) is 0. The molecule has 0 amide bonds. The van der Waals surface area contributed by atoms with Crippen LogP contribution in [-0.2, 0) is 0 Å². The third-order valence-electron chi connectivity index (χ3n) is 6.58. The Balaban J connectivity index is 1.47. The lowest BCUT2D eigenvalue weighted by molar-refractivity contribution is 1.14. The SMILES string of the molecule is c1ccc(-c2ccc(-c3ccc4c(c3)c3c5ccccc5ccc3n4-c3cccnc3)cn2)nc1. The van der Waals surface area contributed by atoms with Gasteiger partial charge in [0.25, 0.3) is 0 Å². The molecular formula is C31H20N4. The Bertz CT molecular complexity index is 1820. The molecule has 4 heterocycles. The molecule has 0 aliphatic carbocycles. The molecule has 0 aliphatic rings. The molecule has 4 nitrogen and oxygen atoms in total. The van der Waals surface area contributed by atoms with Crippen molar-refractivity contribution in [3.8, 4) is 28.2 Å². The summed E-state index contributed by atoms with van der Waals surface area (Å²) in [6, 6.07) is 33.8. The van der Waals surface area contributed by atoms with Gasteiger partial charge in [-0.3, -0.25) is 15.0 Å². The van der Waals surface area contributed by atoms with E-state index in [1.54, 1.807) is 6.20 Å². The van der Waals surface area contributed by atoms with Gasteiger partial charge in [-0.05, 0) is 64.9 Å². The van der Waals surface area contributed by atoms with E-state index in [1.165, 1.54) is 27.1 Å². The van der Waals surface area contributed by atoms with E-state index in [-0.39, 0.29) is 0 Å². The van der Waals surface area contributed by atoms with Crippen molar-refractivity contribution >= 4 is 32.6 Å². The van der Waals surface area contributed by atoms with Crippen molar-refractivity contribution < 1.29 is 0 Å². The van der Waals surface area contributed by atoms with Crippen LogP contribution in [0.5, 0.6) is 0 Å². The van der Waals surface area contributed by atoms with Gasteiger partial charge in [0.2, 0.25) is 0 Å². The molecule has 7 aromatic rings. The smallest absolute Gasteiger partial charge is 0.0886 e. The number of pyridine rings is 3. The van der Waals surface area contributed by atoms with Crippen molar-refractivity contribution in [3.05, 3.63) is 122 Å². The van der Waals surface area contributed by atoms with E-state index in [0.29, 0.717) is 0 Å². The van der Waals surface area contributed by atoms with Gasteiger partial charge in [-0.1, -0.05) is 48.5 Å². The Labute approximate surface area is 202 Å². The Morgan fingerprint density at radius 3 is 2.23 bits per heavy atom. The second kappa shape index (κ2) is 7.89. The predicted octanol–water partition coefficient (Wildman–Crippen LogP) is 7.46. The topological polar surface area (TPSA) is 43.6 Å². The Morgan fingerprint density at radius 2 is 1.40 bits per heavy atom. The minimum absolute atomic E-state index is 0.870. The van der Waals surface area contributed by atoms with Gasteiger partial charge < -0.3 is 4.57 Å². The summed E-state index contributed by atoms with van der Waals surface area (Å²) in [5, 5.41) is 4.95. The molecule has 164 valence electrons. The Morgan fingerprint density at radius 1 is 0.543 bits per heavy atom. The van der Waals surface area contributed by atoms with Gasteiger partial charge >= 0.3 is 0 Å². The van der Waals surface area contributed by atoms with Crippen LogP contribution in [0.25, 0.3) is 60.8 Å². The van der Waals surface area contributed by atoms with E-state index < -0.39 is 0 Å². The lowest BCUT2D eigenvalue weighted by Crippen LogP contribution is -1.94. The molecule has 0 bridgehead atoms. The lowest BCUT2D eigenvalue weighted by Gasteiger charge is -2.08. The van der Waals surface area contributed by atoms with Crippen LogP contribution < -0.4 is 0 Å². The molecule has 35 heavy (non-hydrogen) atoms. The molecule has 0 radical (unpaired) electrons. The van der Waals surface area contributed by atoms with Crippen molar-refractivity contribution in [2.24, 2.45) is 0 Å². The normalized spacial score (nSPS) is 11.4. The first-order valence-corrected chi connectivity index (χ1v) is 11.6. The molecule has 0 fully saturated rings. The van der Waals surface area contributed by atoms with Crippen molar-refractivity contribution in [3.63, 3.8) is 0 Å². The van der Waals surface area contributed by atoms with E-state index in [9.17, 15) is 0 Å². The fourth-order valence-electron chi connectivity index (χ4n) is 4.96. The second-order valence-electron chi connectivity index (χ2n) is 8.61. The van der Waals surface area contributed by atoms with Crippen molar-refractivity contribution in [2.45, 2.75) is 0 Å². The Hall–Kier alpha value is -4.83. The first-order valence-electron chi connectivity index (χ1n) is 11.6. The second-order valence-corrected chi connectivity index (χ2v) is 8.61. The highest BCUT2D eigenvalue weighted by Crippen LogP contribution is 2.38. The quantitative estimate of drug-likeness (QED) is 0.282. The summed E-state index contributed by atoms with van der Waals surface area (Å²) >= 11 is 0. The van der Waals surface area contributed by atoms with Crippen LogP contribution in [0.15, 0.2) is 122 Å². The van der Waals surface area contributed by atoms with Crippen LogP contribution in [0.1, 0.15) is 0 Å². The first kappa shape index (κ1) is 19.6. The van der Waals surface area contributed by atoms with Gasteiger partial charge in [-0.2, -0.15) is 0 Å². The monoisotopic (exact) mass is 448 g/mol. The molecule has 0 saturated carbocycles. The van der Waals surface area contributed by atoms with Crippen LogP contribution in [0.2, 0.25) is 0 Å². The first-order chi connectivity index (χ1) is 17.4. The zero-order valence-corrected chi connectivity index (χ0v) is 18.8. The summed E-state index contributed by atoms with van der Waals surface area (Å²) in [4.78, 5) is 13.5. The molecule has 3 aromatic carbocycles. The molecule has 0 unspecified atom stereocenters. The number of aromatic nitrogens is 4. The third-order valence-corrected chi connectivity index (χ3v) is 6.58. The van der Waals surface area contributed by atoms with Gasteiger partial charge in [-0.15, -0.1) is 0 Å². The van der Waals surface area contributed by atoms with Crippen molar-refractivity contribution in [1.82, 2.24) is 19.5 Å². The van der Waals surface area contributed by atoms with Gasteiger partial charge in [0.15, 0.2) is 0 Å². The largest absolute Gasteiger partial charge is 0.308 e. The van der Waals surface area contributed by atoms with Crippen molar-refractivity contribution in [2.75, 3.05) is 0 Å². The van der Waals surface area contributed by atoms with Crippen molar-refractivity contribution in [1.29, 1.82) is 0 Å². The average Bonchev–Trinajstić information content (AvgIpc) is 3.28. The van der Waals surface area contributed by atoms with Crippen LogP contribution in [0.3, 0.4) is 0 Å². The summed E-state index contributed by atoms with van der Waals surface area (Å²) in [7, 11) is 0. The minimum Gasteiger partial charge on any atom is -0.308 e. The molecule has 7 rings (SSSR count). The molecule has 4 aromatic heterocycles. The fourth-order valence-corrected chi connectivity index (χ4v) is 4.96. The standard InChI is InChI=1S/C31H20N4/c1-2-8-25-21(6-1)11-15-30-31(25)26-18-22(12-14-29(26)35(30)24-7-5-16-32-20-24)23-10-13-28(34-19-23)27-9-3-4-17-33-27/h1-20H. The molecule has 4 heteroatoms. The van der Waals surface area contributed by atoms with Gasteiger partial charge in [-0.25, -0.2) is 0 Å². The number of hydrogen-bond acceptors (Lipinski definition) is 3. The minimum atomic E-state index is 0.870. The van der Waals surface area contributed by atoms with E-state index in [4.69, 9.17) is 4.98 Å². The predicted molar refractivity (Wildman–Crippen MR) is 143 cm³/mol. The van der Waals surface area contributed by atoms with E-state index in [0.717, 1.165) is 33.7 Å². The molecule has 0 atom stereocenters. The van der Waals surface area contributed by atoms with Gasteiger partial charge in [0.1, 0.15) is 0 Å². The van der Waals surface area contributed by atoms with E-state index >= 15 is 0 Å². The zero-order valence-electron chi connectivity index (χ0n) is 18.8. The summed E-state index contributed by atoms with van der Waals surface area (Å²) in [6.45, 7) is 0. The van der Waals surface area contributed by atoms with Crippen LogP contribution in [0.4, 0.5) is 0 Å². The van der Waals surface area contributed by atoms with Crippen LogP contribution in [0, 0.1) is 0 Å². The molecule has 0 N–H and O–H groups in total. The maximum absolute atomic E-state index is 4.69. The summed E-state index contributed by atoms with van der Waals surface area (Å²) in [5.41, 5.74) is 7.34. The number of rotatable bonds is 3. The maximum Gasteiger partial charge on any atom is 0.0886 e. The number of hydrogen-bond donors (Lipinski definition) is 0. The van der Waals surface area contributed by atoms with Crippen LogP contribution in [-0.4, -0.2) is 19.5 Å². The molecule has 0 spiro atoms. The van der Waals surface area contributed by atoms with Gasteiger partial charge in [0.05, 0.1) is 34.3 Å². The summed E-state index contributed by atoms with van der Waals surface area (Å²) < 4.78 is 2.30. The number of fused-ring (bicyclic) bond motifs is 5. The molecular weight excluding hydrogens is 428 g/mol. The summed E-state index contributed by atoms with van der Waals surface area (Å²) in [5.74, 6) is 0. The van der Waals surface area contributed by atoms with E-state index in [1.807, 2.05) is 48.9 Å². The lowest BCUT2D eigenvalue weighted by atomic mass is 10.0. The maximum atomic E-state index is 4.69. The molecule has 0 aliphatic heterocycles. The number of benzene rings is 3. The number of nitrogens with zero attached hydrogens (tertiary/aromatic N) is 4.